The van der Waals surface area contributed by atoms with Crippen LogP contribution in [0.4, 0.5) is 0 Å². The summed E-state index contributed by atoms with van der Waals surface area (Å²) in [5.41, 5.74) is 3.95. The Labute approximate surface area is 153 Å². The molecule has 1 aromatic carbocycles. The van der Waals surface area contributed by atoms with Crippen molar-refractivity contribution in [3.8, 4) is 5.75 Å². The molecule has 25 heavy (non-hydrogen) atoms. The molecular formula is C21H36N2O2. The number of hydrogen-bond acceptors (Lipinski definition) is 4. The van der Waals surface area contributed by atoms with Gasteiger partial charge in [0.1, 0.15) is 5.75 Å². The minimum absolute atomic E-state index is 0.327. The predicted molar refractivity (Wildman–Crippen MR) is 104 cm³/mol. The minimum Gasteiger partial charge on any atom is -0.494 e. The number of rotatable bonds is 9. The van der Waals surface area contributed by atoms with Crippen molar-refractivity contribution in [2.45, 2.75) is 53.0 Å². The van der Waals surface area contributed by atoms with Gasteiger partial charge >= 0.3 is 0 Å². The molecule has 0 amide bonds. The van der Waals surface area contributed by atoms with Crippen LogP contribution in [-0.4, -0.2) is 49.4 Å². The van der Waals surface area contributed by atoms with E-state index in [2.05, 4.69) is 43.1 Å². The summed E-state index contributed by atoms with van der Waals surface area (Å²) in [5.74, 6) is 1.96. The maximum absolute atomic E-state index is 9.34. The Morgan fingerprint density at radius 2 is 2.16 bits per heavy atom. The Morgan fingerprint density at radius 1 is 1.36 bits per heavy atom. The van der Waals surface area contributed by atoms with Gasteiger partial charge in [-0.05, 0) is 67.8 Å². The summed E-state index contributed by atoms with van der Waals surface area (Å²) in [5, 5.41) is 12.9. The van der Waals surface area contributed by atoms with Crippen LogP contribution >= 0.6 is 0 Å². The third-order valence-electron chi connectivity index (χ3n) is 5.17. The average molecular weight is 349 g/mol. The average Bonchev–Trinajstić information content (AvgIpc) is 2.60. The molecule has 4 heteroatoms. The molecule has 0 spiro atoms. The van der Waals surface area contributed by atoms with E-state index < -0.39 is 0 Å². The zero-order valence-electron chi connectivity index (χ0n) is 16.5. The van der Waals surface area contributed by atoms with Gasteiger partial charge in [0.05, 0.1) is 6.61 Å². The molecule has 1 fully saturated rings. The Hall–Kier alpha value is -1.10. The zero-order valence-corrected chi connectivity index (χ0v) is 16.5. The number of ether oxygens (including phenoxy) is 1. The molecule has 2 N–H and O–H groups in total. The fraction of sp³-hybridized carbons (Fsp3) is 0.714. The largest absolute Gasteiger partial charge is 0.494 e. The fourth-order valence-electron chi connectivity index (χ4n) is 3.63. The lowest BCUT2D eigenvalue weighted by atomic mass is 9.96. The van der Waals surface area contributed by atoms with Crippen LogP contribution in [0.1, 0.15) is 56.2 Å². The second-order valence-corrected chi connectivity index (χ2v) is 7.57. The van der Waals surface area contributed by atoms with Crippen LogP contribution in [-0.2, 0) is 6.54 Å². The summed E-state index contributed by atoms with van der Waals surface area (Å²) < 4.78 is 5.81. The molecule has 4 nitrogen and oxygen atoms in total. The zero-order chi connectivity index (χ0) is 18.2. The number of aryl methyl sites for hydroxylation is 1. The lowest BCUT2D eigenvalue weighted by Crippen LogP contribution is -2.40. The molecule has 1 aliphatic rings. The van der Waals surface area contributed by atoms with Crippen molar-refractivity contribution >= 4 is 0 Å². The highest BCUT2D eigenvalue weighted by Gasteiger charge is 2.18. The SMILES string of the molecule is CCOc1cc(C)c(CNCCN2CCCC(CO)C2)cc1C(C)C. The van der Waals surface area contributed by atoms with Gasteiger partial charge in [-0.3, -0.25) is 0 Å². The topological polar surface area (TPSA) is 44.7 Å². The number of aliphatic hydroxyl groups is 1. The van der Waals surface area contributed by atoms with E-state index in [1.165, 1.54) is 29.5 Å². The summed E-state index contributed by atoms with van der Waals surface area (Å²) in [7, 11) is 0. The van der Waals surface area contributed by atoms with Gasteiger partial charge in [0.15, 0.2) is 0 Å². The number of nitrogens with one attached hydrogen (secondary N) is 1. The molecule has 0 aliphatic carbocycles. The van der Waals surface area contributed by atoms with Gasteiger partial charge in [0, 0.05) is 32.8 Å². The van der Waals surface area contributed by atoms with E-state index in [9.17, 15) is 5.11 Å². The van der Waals surface area contributed by atoms with E-state index in [1.54, 1.807) is 0 Å². The van der Waals surface area contributed by atoms with Crippen LogP contribution in [0.3, 0.4) is 0 Å². The van der Waals surface area contributed by atoms with Crippen molar-refractivity contribution in [3.63, 3.8) is 0 Å². The molecule has 1 atom stereocenters. The Balaban J connectivity index is 1.86. The first kappa shape index (κ1) is 20.2. The first-order valence-corrected chi connectivity index (χ1v) is 9.85. The molecular weight excluding hydrogens is 312 g/mol. The van der Waals surface area contributed by atoms with E-state index in [4.69, 9.17) is 4.74 Å². The lowest BCUT2D eigenvalue weighted by Gasteiger charge is -2.31. The van der Waals surface area contributed by atoms with E-state index in [-0.39, 0.29) is 0 Å². The number of benzene rings is 1. The smallest absolute Gasteiger partial charge is 0.123 e. The minimum atomic E-state index is 0.327. The quantitative estimate of drug-likeness (QED) is 0.672. The van der Waals surface area contributed by atoms with Crippen LogP contribution in [0.25, 0.3) is 0 Å². The van der Waals surface area contributed by atoms with Gasteiger partial charge < -0.3 is 20.1 Å². The number of piperidine rings is 1. The van der Waals surface area contributed by atoms with Crippen molar-refractivity contribution in [2.24, 2.45) is 5.92 Å². The maximum Gasteiger partial charge on any atom is 0.123 e. The van der Waals surface area contributed by atoms with Gasteiger partial charge in [-0.15, -0.1) is 0 Å². The normalized spacial score (nSPS) is 18.7. The van der Waals surface area contributed by atoms with Crippen molar-refractivity contribution in [3.05, 3.63) is 28.8 Å². The Kier molecular flexibility index (Phi) is 8.20. The lowest BCUT2D eigenvalue weighted by molar-refractivity contribution is 0.121. The molecule has 1 saturated heterocycles. The summed E-state index contributed by atoms with van der Waals surface area (Å²) in [4.78, 5) is 2.47. The van der Waals surface area contributed by atoms with E-state index in [0.29, 0.717) is 25.0 Å². The number of likely N-dealkylation sites (tertiary alicyclic amines) is 1. The first-order valence-electron chi connectivity index (χ1n) is 9.85. The van der Waals surface area contributed by atoms with Gasteiger partial charge in [-0.25, -0.2) is 0 Å². The van der Waals surface area contributed by atoms with Gasteiger partial charge in [-0.1, -0.05) is 19.9 Å². The van der Waals surface area contributed by atoms with E-state index in [1.807, 2.05) is 6.92 Å². The molecule has 1 unspecified atom stereocenters. The molecule has 1 aliphatic heterocycles. The van der Waals surface area contributed by atoms with Crippen LogP contribution in [0.15, 0.2) is 12.1 Å². The van der Waals surface area contributed by atoms with Crippen LogP contribution in [0.2, 0.25) is 0 Å². The fourth-order valence-corrected chi connectivity index (χ4v) is 3.63. The summed E-state index contributed by atoms with van der Waals surface area (Å²) >= 11 is 0. The van der Waals surface area contributed by atoms with Crippen molar-refractivity contribution < 1.29 is 9.84 Å². The molecule has 0 aromatic heterocycles. The summed E-state index contributed by atoms with van der Waals surface area (Å²) in [6.45, 7) is 14.8. The van der Waals surface area contributed by atoms with Gasteiger partial charge in [-0.2, -0.15) is 0 Å². The van der Waals surface area contributed by atoms with E-state index >= 15 is 0 Å². The first-order chi connectivity index (χ1) is 12.0. The third-order valence-corrected chi connectivity index (χ3v) is 5.17. The monoisotopic (exact) mass is 348 g/mol. The second-order valence-electron chi connectivity index (χ2n) is 7.57. The molecule has 1 heterocycles. The number of hydrogen-bond donors (Lipinski definition) is 2. The van der Waals surface area contributed by atoms with Crippen molar-refractivity contribution in [2.75, 3.05) is 39.4 Å². The summed E-state index contributed by atoms with van der Waals surface area (Å²) in [6, 6.07) is 4.49. The molecule has 0 bridgehead atoms. The molecule has 2 rings (SSSR count). The Morgan fingerprint density at radius 3 is 2.84 bits per heavy atom. The summed E-state index contributed by atoms with van der Waals surface area (Å²) in [6.07, 6.45) is 2.38. The third kappa shape index (κ3) is 5.98. The highest BCUT2D eigenvalue weighted by atomic mass is 16.5. The number of nitrogens with zero attached hydrogens (tertiary/aromatic N) is 1. The van der Waals surface area contributed by atoms with Gasteiger partial charge in [0.2, 0.25) is 0 Å². The standard InChI is InChI=1S/C21H36N2O2/c1-5-25-21-11-17(4)19(12-20(21)16(2)3)13-22-8-10-23-9-6-7-18(14-23)15-24/h11-12,16,18,22,24H,5-10,13-15H2,1-4H3. The Bertz CT molecular complexity index is 531. The maximum atomic E-state index is 9.34. The molecule has 0 radical (unpaired) electrons. The number of aliphatic hydroxyl groups excluding tert-OH is 1. The highest BCUT2D eigenvalue weighted by Crippen LogP contribution is 2.30. The van der Waals surface area contributed by atoms with Crippen molar-refractivity contribution in [1.82, 2.24) is 10.2 Å². The van der Waals surface area contributed by atoms with Crippen LogP contribution in [0.5, 0.6) is 5.75 Å². The van der Waals surface area contributed by atoms with Crippen molar-refractivity contribution in [1.29, 1.82) is 0 Å². The molecule has 142 valence electrons. The van der Waals surface area contributed by atoms with Crippen LogP contribution in [0, 0.1) is 12.8 Å². The molecule has 0 saturated carbocycles. The van der Waals surface area contributed by atoms with Crippen LogP contribution < -0.4 is 10.1 Å². The molecule has 1 aromatic rings. The predicted octanol–water partition coefficient (Wildman–Crippen LogP) is 3.31. The van der Waals surface area contributed by atoms with E-state index in [0.717, 1.165) is 38.5 Å². The highest BCUT2D eigenvalue weighted by molar-refractivity contribution is 5.44. The van der Waals surface area contributed by atoms with Gasteiger partial charge in [0.25, 0.3) is 0 Å². The second kappa shape index (κ2) is 10.1.